The first-order valence-corrected chi connectivity index (χ1v) is 4.50. The van der Waals surface area contributed by atoms with Crippen molar-refractivity contribution < 1.29 is 0 Å². The van der Waals surface area contributed by atoms with Crippen molar-refractivity contribution in [3.8, 4) is 0 Å². The molecule has 0 aromatic rings. The summed E-state index contributed by atoms with van der Waals surface area (Å²) in [6, 6.07) is 0. The molecular weight excluding hydrogens is 158 g/mol. The lowest BCUT2D eigenvalue weighted by Crippen LogP contribution is -2.07. The van der Waals surface area contributed by atoms with Gasteiger partial charge in [-0.15, -0.1) is 0 Å². The summed E-state index contributed by atoms with van der Waals surface area (Å²) in [6.45, 7) is 12.2. The number of hydrogen-bond donors (Lipinski definition) is 0. The van der Waals surface area contributed by atoms with E-state index in [9.17, 15) is 0 Å². The molecule has 0 aliphatic rings. The Bertz CT molecular complexity index is 236. The summed E-state index contributed by atoms with van der Waals surface area (Å²) in [5.74, 6) is 0. The van der Waals surface area contributed by atoms with Crippen molar-refractivity contribution in [1.82, 2.24) is 0 Å². The predicted octanol–water partition coefficient (Wildman–Crippen LogP) is 3.75. The van der Waals surface area contributed by atoms with Crippen molar-refractivity contribution in [3.05, 3.63) is 36.6 Å². The zero-order valence-corrected chi connectivity index (χ0v) is 9.04. The van der Waals surface area contributed by atoms with Crippen LogP contribution in [0.1, 0.15) is 27.7 Å². The first kappa shape index (κ1) is 11.9. The zero-order chi connectivity index (χ0) is 10.3. The minimum Gasteiger partial charge on any atom is -0.265 e. The maximum Gasteiger partial charge on any atom is 0.0270 e. The highest BCUT2D eigenvalue weighted by molar-refractivity contribution is 5.73. The van der Waals surface area contributed by atoms with Gasteiger partial charge in [0.1, 0.15) is 0 Å². The molecule has 0 atom stereocenters. The van der Waals surface area contributed by atoms with Crippen molar-refractivity contribution >= 4 is 6.21 Å². The third-order valence-electron chi connectivity index (χ3n) is 1.66. The van der Waals surface area contributed by atoms with Gasteiger partial charge in [0.2, 0.25) is 0 Å². The Balaban J connectivity index is 4.50. The van der Waals surface area contributed by atoms with Crippen molar-refractivity contribution in [3.63, 3.8) is 0 Å². The Morgan fingerprint density at radius 1 is 1.31 bits per heavy atom. The van der Waals surface area contributed by atoms with Crippen LogP contribution in [0, 0.1) is 5.41 Å². The molecule has 72 valence electrons. The van der Waals surface area contributed by atoms with E-state index in [0.717, 1.165) is 0 Å². The molecular formula is C12H19N. The average molecular weight is 177 g/mol. The molecule has 1 heteroatoms. The monoisotopic (exact) mass is 177 g/mol. The number of hydrogen-bond acceptors (Lipinski definition) is 1. The molecule has 0 aliphatic carbocycles. The highest BCUT2D eigenvalue weighted by Crippen LogP contribution is 2.24. The molecule has 0 heterocycles. The van der Waals surface area contributed by atoms with Gasteiger partial charge in [0.05, 0.1) is 0 Å². The third-order valence-corrected chi connectivity index (χ3v) is 1.66. The van der Waals surface area contributed by atoms with Crippen LogP contribution in [-0.4, -0.2) is 6.21 Å². The summed E-state index contributed by atoms with van der Waals surface area (Å²) in [4.78, 5) is 4.06. The molecule has 0 saturated heterocycles. The maximum atomic E-state index is 4.06. The maximum absolute atomic E-state index is 4.06. The second-order valence-electron chi connectivity index (χ2n) is 3.86. The number of nitrogens with zero attached hydrogens (tertiary/aromatic N) is 1. The van der Waals surface area contributed by atoms with Gasteiger partial charge in [-0.2, -0.15) is 0 Å². The van der Waals surface area contributed by atoms with Crippen molar-refractivity contribution in [1.29, 1.82) is 0 Å². The average Bonchev–Trinajstić information content (AvgIpc) is 2.02. The number of aliphatic imine (C=N–C) groups is 1. The van der Waals surface area contributed by atoms with Crippen LogP contribution < -0.4 is 0 Å². The quantitative estimate of drug-likeness (QED) is 0.460. The minimum atomic E-state index is 0.143. The van der Waals surface area contributed by atoms with Gasteiger partial charge in [0.15, 0.2) is 0 Å². The fourth-order valence-corrected chi connectivity index (χ4v) is 0.883. The van der Waals surface area contributed by atoms with Crippen molar-refractivity contribution in [2.24, 2.45) is 10.4 Å². The van der Waals surface area contributed by atoms with Gasteiger partial charge in [-0.3, -0.25) is 4.99 Å². The molecule has 0 radical (unpaired) electrons. The van der Waals surface area contributed by atoms with Crippen LogP contribution in [0.15, 0.2) is 41.6 Å². The topological polar surface area (TPSA) is 12.4 Å². The van der Waals surface area contributed by atoms with Gasteiger partial charge in [-0.05, 0) is 24.0 Å². The predicted molar refractivity (Wildman–Crippen MR) is 61.0 cm³/mol. The van der Waals surface area contributed by atoms with Gasteiger partial charge < -0.3 is 0 Å². The Kier molecular flexibility index (Phi) is 5.05. The molecule has 0 aliphatic heterocycles. The Morgan fingerprint density at radius 3 is 2.31 bits per heavy atom. The molecule has 0 N–H and O–H groups in total. The SMILES string of the molecule is C=C\C(=C/C=N/C=C/C)C(C)(C)C. The van der Waals surface area contributed by atoms with Crippen LogP contribution >= 0.6 is 0 Å². The van der Waals surface area contributed by atoms with E-state index in [1.807, 2.05) is 25.2 Å². The Labute approximate surface area is 81.6 Å². The van der Waals surface area contributed by atoms with Crippen molar-refractivity contribution in [2.45, 2.75) is 27.7 Å². The summed E-state index contributed by atoms with van der Waals surface area (Å²) in [5, 5.41) is 0. The molecule has 0 unspecified atom stereocenters. The second kappa shape index (κ2) is 5.52. The molecule has 0 rings (SSSR count). The van der Waals surface area contributed by atoms with E-state index < -0.39 is 0 Å². The van der Waals surface area contributed by atoms with E-state index >= 15 is 0 Å². The molecule has 0 spiro atoms. The molecule has 0 aromatic heterocycles. The first-order chi connectivity index (χ1) is 6.02. The van der Waals surface area contributed by atoms with Crippen LogP contribution in [0.25, 0.3) is 0 Å². The number of rotatable bonds is 3. The summed E-state index contributed by atoms with van der Waals surface area (Å²) in [5.41, 5.74) is 1.34. The van der Waals surface area contributed by atoms with Crippen LogP contribution in [0.5, 0.6) is 0 Å². The van der Waals surface area contributed by atoms with Gasteiger partial charge in [0.25, 0.3) is 0 Å². The van der Waals surface area contributed by atoms with Gasteiger partial charge in [-0.25, -0.2) is 0 Å². The van der Waals surface area contributed by atoms with E-state index in [1.165, 1.54) is 5.57 Å². The lowest BCUT2D eigenvalue weighted by atomic mass is 9.86. The summed E-state index contributed by atoms with van der Waals surface area (Å²) >= 11 is 0. The van der Waals surface area contributed by atoms with Gasteiger partial charge >= 0.3 is 0 Å². The second-order valence-corrected chi connectivity index (χ2v) is 3.86. The molecule has 0 bridgehead atoms. The van der Waals surface area contributed by atoms with E-state index in [0.29, 0.717) is 0 Å². The van der Waals surface area contributed by atoms with Crippen LogP contribution in [0.3, 0.4) is 0 Å². The highest BCUT2D eigenvalue weighted by atomic mass is 14.6. The fraction of sp³-hybridized carbons (Fsp3) is 0.417. The summed E-state index contributed by atoms with van der Waals surface area (Å²) < 4.78 is 0. The molecule has 0 amide bonds. The molecule has 1 nitrogen and oxygen atoms in total. The molecule has 0 saturated carbocycles. The van der Waals surface area contributed by atoms with Crippen molar-refractivity contribution in [2.75, 3.05) is 0 Å². The molecule has 0 fully saturated rings. The lowest BCUT2D eigenvalue weighted by molar-refractivity contribution is 0.518. The Hall–Kier alpha value is -1.11. The third kappa shape index (κ3) is 5.18. The largest absolute Gasteiger partial charge is 0.265 e. The van der Waals surface area contributed by atoms with E-state index in [-0.39, 0.29) is 5.41 Å². The smallest absolute Gasteiger partial charge is 0.0270 e. The fourth-order valence-electron chi connectivity index (χ4n) is 0.883. The van der Waals surface area contributed by atoms with Crippen LogP contribution in [0.4, 0.5) is 0 Å². The van der Waals surface area contributed by atoms with Crippen LogP contribution in [0.2, 0.25) is 0 Å². The van der Waals surface area contributed by atoms with Crippen LogP contribution in [-0.2, 0) is 0 Å². The zero-order valence-electron chi connectivity index (χ0n) is 9.04. The normalized spacial score (nSPS) is 14.3. The lowest BCUT2D eigenvalue weighted by Gasteiger charge is -2.19. The standard InChI is InChI=1S/C12H19N/c1-6-9-13-10-8-11(7-2)12(3,4)5/h6-10H,2H2,1,3-5H3/b9-6+,11-8+,13-10+. The summed E-state index contributed by atoms with van der Waals surface area (Å²) in [6.07, 6.45) is 9.33. The van der Waals surface area contributed by atoms with E-state index in [2.05, 4.69) is 32.3 Å². The van der Waals surface area contributed by atoms with Gasteiger partial charge in [-0.1, -0.05) is 39.5 Å². The molecule has 13 heavy (non-hydrogen) atoms. The van der Waals surface area contributed by atoms with E-state index in [4.69, 9.17) is 0 Å². The van der Waals surface area contributed by atoms with Gasteiger partial charge in [0, 0.05) is 12.4 Å². The Morgan fingerprint density at radius 2 is 1.92 bits per heavy atom. The minimum absolute atomic E-state index is 0.143. The van der Waals surface area contributed by atoms with E-state index in [1.54, 1.807) is 12.4 Å². The summed E-state index contributed by atoms with van der Waals surface area (Å²) in [7, 11) is 0. The molecule has 0 aromatic carbocycles. The highest BCUT2D eigenvalue weighted by Gasteiger charge is 2.12. The number of allylic oxidation sites excluding steroid dienone is 4. The first-order valence-electron chi connectivity index (χ1n) is 4.50.